The Balaban J connectivity index is 2.16. The van der Waals surface area contributed by atoms with Crippen LogP contribution in [0.25, 0.3) is 0 Å². The van der Waals surface area contributed by atoms with Crippen molar-refractivity contribution in [2.45, 2.75) is 26.9 Å². The van der Waals surface area contributed by atoms with E-state index in [4.69, 9.17) is 21.1 Å². The van der Waals surface area contributed by atoms with Gasteiger partial charge in [-0.2, -0.15) is 0 Å². The number of hydrogen-bond acceptors (Lipinski definition) is 3. The third-order valence-corrected chi connectivity index (χ3v) is 3.59. The minimum absolute atomic E-state index is 0.0852. The first-order chi connectivity index (χ1) is 10.4. The molecule has 5 heteroatoms. The summed E-state index contributed by atoms with van der Waals surface area (Å²) in [4.78, 5) is 12.2. The van der Waals surface area contributed by atoms with Crippen LogP contribution < -0.4 is 9.47 Å². The van der Waals surface area contributed by atoms with E-state index in [1.54, 1.807) is 30.3 Å². The first-order valence-corrected chi connectivity index (χ1v) is 7.98. The molecule has 0 bridgehead atoms. The van der Waals surface area contributed by atoms with Crippen LogP contribution in [0, 0.1) is 6.92 Å². The summed E-state index contributed by atoms with van der Waals surface area (Å²) in [7, 11) is 0. The van der Waals surface area contributed by atoms with E-state index < -0.39 is 5.97 Å². The Morgan fingerprint density at radius 1 is 1.18 bits per heavy atom. The lowest BCUT2D eigenvalue weighted by atomic mass is 10.2. The summed E-state index contributed by atoms with van der Waals surface area (Å²) in [6.07, 6.45) is 0.0852. The first kappa shape index (κ1) is 16.8. The lowest BCUT2D eigenvalue weighted by Crippen LogP contribution is -2.10. The van der Waals surface area contributed by atoms with Crippen molar-refractivity contribution in [3.05, 3.63) is 57.0 Å². The molecule has 2 aromatic carbocycles. The fraction of sp³-hybridized carbons (Fsp3) is 0.235. The summed E-state index contributed by atoms with van der Waals surface area (Å²) in [6, 6.07) is 10.4. The molecule has 2 rings (SSSR count). The smallest absolute Gasteiger partial charge is 0.343 e. The third-order valence-electron chi connectivity index (χ3n) is 2.85. The Hall–Kier alpha value is -1.52. The van der Waals surface area contributed by atoms with Crippen molar-refractivity contribution in [3.63, 3.8) is 0 Å². The Labute approximate surface area is 143 Å². The maximum absolute atomic E-state index is 12.2. The zero-order valence-electron chi connectivity index (χ0n) is 12.5. The van der Waals surface area contributed by atoms with Gasteiger partial charge in [-0.15, -0.1) is 0 Å². The van der Waals surface area contributed by atoms with Crippen LogP contribution in [0.15, 0.2) is 40.9 Å². The fourth-order valence-electron chi connectivity index (χ4n) is 1.91. The molecule has 0 unspecified atom stereocenters. The molecule has 0 atom stereocenters. The van der Waals surface area contributed by atoms with Gasteiger partial charge in [0.1, 0.15) is 5.75 Å². The van der Waals surface area contributed by atoms with Gasteiger partial charge < -0.3 is 9.47 Å². The number of benzene rings is 2. The molecule has 0 aromatic heterocycles. The van der Waals surface area contributed by atoms with Crippen LogP contribution in [0.5, 0.6) is 11.5 Å². The monoisotopic (exact) mass is 382 g/mol. The topological polar surface area (TPSA) is 35.5 Å². The largest absolute Gasteiger partial charge is 0.491 e. The standard InChI is InChI=1S/C17H16BrClO3/c1-10(2)21-14-6-4-12(5-7-14)17(20)22-16-11(3)8-13(18)9-15(16)19/h4-10H,1-3H3. The summed E-state index contributed by atoms with van der Waals surface area (Å²) >= 11 is 9.47. The molecular formula is C17H16BrClO3. The van der Waals surface area contributed by atoms with Crippen molar-refractivity contribution in [2.75, 3.05) is 0 Å². The second-order valence-corrected chi connectivity index (χ2v) is 6.44. The molecule has 0 aliphatic heterocycles. The number of hydrogen-bond donors (Lipinski definition) is 0. The van der Waals surface area contributed by atoms with Crippen LogP contribution in [-0.2, 0) is 0 Å². The number of esters is 1. The molecule has 0 amide bonds. The Kier molecular flexibility index (Phi) is 5.48. The van der Waals surface area contributed by atoms with E-state index >= 15 is 0 Å². The van der Waals surface area contributed by atoms with E-state index in [-0.39, 0.29) is 6.10 Å². The normalized spacial score (nSPS) is 10.6. The number of aryl methyl sites for hydroxylation is 1. The zero-order valence-corrected chi connectivity index (χ0v) is 14.9. The molecule has 0 aliphatic rings. The van der Waals surface area contributed by atoms with Gasteiger partial charge in [0.15, 0.2) is 5.75 Å². The summed E-state index contributed by atoms with van der Waals surface area (Å²) in [5.74, 6) is 0.630. The van der Waals surface area contributed by atoms with Crippen molar-refractivity contribution in [2.24, 2.45) is 0 Å². The lowest BCUT2D eigenvalue weighted by molar-refractivity contribution is 0.0733. The van der Waals surface area contributed by atoms with E-state index in [0.29, 0.717) is 22.1 Å². The van der Waals surface area contributed by atoms with Gasteiger partial charge in [0.25, 0.3) is 0 Å². The van der Waals surface area contributed by atoms with Crippen molar-refractivity contribution in [1.82, 2.24) is 0 Å². The summed E-state index contributed by atoms with van der Waals surface area (Å²) in [6.45, 7) is 5.72. The van der Waals surface area contributed by atoms with Gasteiger partial charge in [-0.3, -0.25) is 0 Å². The minimum Gasteiger partial charge on any atom is -0.491 e. The quantitative estimate of drug-likeness (QED) is 0.522. The van der Waals surface area contributed by atoms with Gasteiger partial charge in [-0.1, -0.05) is 27.5 Å². The lowest BCUT2D eigenvalue weighted by Gasteiger charge is -2.11. The number of ether oxygens (including phenoxy) is 2. The highest BCUT2D eigenvalue weighted by atomic mass is 79.9. The molecule has 116 valence electrons. The Morgan fingerprint density at radius 2 is 1.82 bits per heavy atom. The average molecular weight is 384 g/mol. The van der Waals surface area contributed by atoms with E-state index in [1.165, 1.54) is 0 Å². The predicted molar refractivity (Wildman–Crippen MR) is 91.1 cm³/mol. The zero-order chi connectivity index (χ0) is 16.3. The molecule has 0 radical (unpaired) electrons. The Morgan fingerprint density at radius 3 is 2.36 bits per heavy atom. The van der Waals surface area contributed by atoms with Gasteiger partial charge in [0.2, 0.25) is 0 Å². The van der Waals surface area contributed by atoms with Crippen molar-refractivity contribution in [1.29, 1.82) is 0 Å². The fourth-order valence-corrected chi connectivity index (χ4v) is 2.92. The van der Waals surface area contributed by atoms with Gasteiger partial charge in [0, 0.05) is 4.47 Å². The second-order valence-electron chi connectivity index (χ2n) is 5.11. The highest BCUT2D eigenvalue weighted by Gasteiger charge is 2.14. The number of carbonyl (C=O) groups is 1. The minimum atomic E-state index is -0.455. The van der Waals surface area contributed by atoms with Crippen LogP contribution in [0.4, 0.5) is 0 Å². The second kappa shape index (κ2) is 7.16. The van der Waals surface area contributed by atoms with Crippen LogP contribution in [-0.4, -0.2) is 12.1 Å². The van der Waals surface area contributed by atoms with Crippen molar-refractivity contribution in [3.8, 4) is 11.5 Å². The molecule has 0 aliphatic carbocycles. The summed E-state index contributed by atoms with van der Waals surface area (Å²) in [5.41, 5.74) is 1.22. The summed E-state index contributed by atoms with van der Waals surface area (Å²) in [5, 5.41) is 0.389. The third kappa shape index (κ3) is 4.24. The molecule has 0 fully saturated rings. The highest BCUT2D eigenvalue weighted by molar-refractivity contribution is 9.10. The van der Waals surface area contributed by atoms with E-state index in [9.17, 15) is 4.79 Å². The number of rotatable bonds is 4. The predicted octanol–water partition coefficient (Wildman–Crippen LogP) is 5.42. The average Bonchev–Trinajstić information content (AvgIpc) is 2.42. The van der Waals surface area contributed by atoms with Gasteiger partial charge in [-0.05, 0) is 62.7 Å². The molecular weight excluding hydrogens is 368 g/mol. The number of halogens is 2. The molecule has 22 heavy (non-hydrogen) atoms. The first-order valence-electron chi connectivity index (χ1n) is 6.81. The molecule has 0 heterocycles. The molecule has 0 saturated heterocycles. The van der Waals surface area contributed by atoms with Crippen LogP contribution in [0.1, 0.15) is 29.8 Å². The summed E-state index contributed by atoms with van der Waals surface area (Å²) < 4.78 is 11.8. The molecule has 0 spiro atoms. The van der Waals surface area contributed by atoms with Crippen molar-refractivity contribution < 1.29 is 14.3 Å². The van der Waals surface area contributed by atoms with Crippen LogP contribution >= 0.6 is 27.5 Å². The van der Waals surface area contributed by atoms with E-state index in [2.05, 4.69) is 15.9 Å². The SMILES string of the molecule is Cc1cc(Br)cc(Cl)c1OC(=O)c1ccc(OC(C)C)cc1. The van der Waals surface area contributed by atoms with Crippen LogP contribution in [0.2, 0.25) is 5.02 Å². The van der Waals surface area contributed by atoms with Crippen LogP contribution in [0.3, 0.4) is 0 Å². The number of carbonyl (C=O) groups excluding carboxylic acids is 1. The highest BCUT2D eigenvalue weighted by Crippen LogP contribution is 2.32. The van der Waals surface area contributed by atoms with E-state index in [1.807, 2.05) is 26.8 Å². The Bertz CT molecular complexity index is 658. The maximum atomic E-state index is 12.2. The molecule has 0 N–H and O–H groups in total. The molecule has 3 nitrogen and oxygen atoms in total. The van der Waals surface area contributed by atoms with Gasteiger partial charge in [-0.25, -0.2) is 4.79 Å². The van der Waals surface area contributed by atoms with Crippen molar-refractivity contribution >= 4 is 33.5 Å². The van der Waals surface area contributed by atoms with Gasteiger partial charge in [0.05, 0.1) is 16.7 Å². The van der Waals surface area contributed by atoms with E-state index in [0.717, 1.165) is 10.0 Å². The molecule has 2 aromatic rings. The van der Waals surface area contributed by atoms with Gasteiger partial charge >= 0.3 is 5.97 Å². The molecule has 0 saturated carbocycles. The maximum Gasteiger partial charge on any atom is 0.343 e.